The lowest BCUT2D eigenvalue weighted by atomic mass is 10.2. The summed E-state index contributed by atoms with van der Waals surface area (Å²) in [7, 11) is 0. The minimum atomic E-state index is -0.504. The van der Waals surface area contributed by atoms with Crippen LogP contribution in [0, 0.1) is 17.7 Å². The van der Waals surface area contributed by atoms with E-state index in [1.807, 2.05) is 0 Å². The van der Waals surface area contributed by atoms with Crippen LogP contribution in [0.5, 0.6) is 0 Å². The van der Waals surface area contributed by atoms with Crippen LogP contribution in [0.3, 0.4) is 0 Å². The maximum absolute atomic E-state index is 12.5. The van der Waals surface area contributed by atoms with Gasteiger partial charge in [0.05, 0.1) is 12.4 Å². The number of nitrogens with zero attached hydrogens (tertiary/aromatic N) is 2. The first kappa shape index (κ1) is 8.74. The molecule has 14 heavy (non-hydrogen) atoms. The number of hydrogen-bond donors (Lipinski definition) is 0. The van der Waals surface area contributed by atoms with Crippen LogP contribution < -0.4 is 0 Å². The summed E-state index contributed by atoms with van der Waals surface area (Å²) >= 11 is 0. The molecular weight excluding hydrogens is 186 g/mol. The predicted molar refractivity (Wildman–Crippen MR) is 46.2 cm³/mol. The van der Waals surface area contributed by atoms with E-state index in [2.05, 4.69) is 16.0 Å². The second kappa shape index (κ2) is 3.49. The number of benzene rings is 1. The molecule has 0 saturated heterocycles. The molecule has 0 saturated carbocycles. The lowest BCUT2D eigenvalue weighted by Gasteiger charge is -1.97. The Labute approximate surface area is 79.3 Å². The van der Waals surface area contributed by atoms with E-state index in [4.69, 9.17) is 0 Å². The molecule has 0 aliphatic carbocycles. The largest absolute Gasteiger partial charge is 0.233 e. The minimum absolute atomic E-state index is 0.325. The summed E-state index contributed by atoms with van der Waals surface area (Å²) < 4.78 is 25.0. The zero-order valence-corrected chi connectivity index (χ0v) is 7.04. The van der Waals surface area contributed by atoms with Crippen molar-refractivity contribution >= 4 is 0 Å². The van der Waals surface area contributed by atoms with Gasteiger partial charge in [-0.2, -0.15) is 0 Å². The van der Waals surface area contributed by atoms with Gasteiger partial charge in [-0.3, -0.25) is 0 Å². The van der Waals surface area contributed by atoms with E-state index in [-0.39, 0.29) is 5.82 Å². The molecule has 2 aromatic rings. The van der Waals surface area contributed by atoms with Crippen molar-refractivity contribution in [2.24, 2.45) is 0 Å². The Morgan fingerprint density at radius 2 is 1.71 bits per heavy atom. The number of aromatic nitrogens is 2. The topological polar surface area (TPSA) is 25.8 Å². The molecule has 69 valence electrons. The lowest BCUT2D eigenvalue weighted by molar-refractivity contribution is 0.614. The highest BCUT2D eigenvalue weighted by molar-refractivity contribution is 5.52. The third-order valence-electron chi connectivity index (χ3n) is 1.64. The Bertz CT molecular complexity index is 379. The fourth-order valence-electron chi connectivity index (χ4n) is 0.996. The minimum Gasteiger partial charge on any atom is -0.233 e. The highest BCUT2D eigenvalue weighted by Gasteiger charge is 2.01. The quantitative estimate of drug-likeness (QED) is 0.690. The molecule has 0 atom stereocenters. The van der Waals surface area contributed by atoms with Crippen molar-refractivity contribution in [1.82, 2.24) is 9.97 Å². The summed E-state index contributed by atoms with van der Waals surface area (Å²) in [6.07, 6.45) is 2.11. The molecule has 1 heterocycles. The third kappa shape index (κ3) is 1.74. The normalized spacial score (nSPS) is 10.1. The van der Waals surface area contributed by atoms with Crippen LogP contribution in [0.4, 0.5) is 8.78 Å². The second-order valence-corrected chi connectivity index (χ2v) is 2.65. The summed E-state index contributed by atoms with van der Waals surface area (Å²) in [5.74, 6) is -0.557. The van der Waals surface area contributed by atoms with Gasteiger partial charge in [0.15, 0.2) is 11.6 Å². The van der Waals surface area contributed by atoms with Gasteiger partial charge in [0.1, 0.15) is 5.82 Å². The fraction of sp³-hybridized carbons (Fsp3) is 0. The zero-order valence-electron chi connectivity index (χ0n) is 7.04. The number of halogens is 2. The maximum Gasteiger partial charge on any atom is 0.159 e. The molecule has 0 N–H and O–H groups in total. The van der Waals surface area contributed by atoms with E-state index in [0.29, 0.717) is 11.4 Å². The summed E-state index contributed by atoms with van der Waals surface area (Å²) in [6.45, 7) is 0. The fourth-order valence-corrected chi connectivity index (χ4v) is 0.996. The van der Waals surface area contributed by atoms with E-state index in [9.17, 15) is 8.78 Å². The Kier molecular flexibility index (Phi) is 2.18. The molecule has 1 aromatic carbocycles. The van der Waals surface area contributed by atoms with Crippen molar-refractivity contribution < 1.29 is 8.78 Å². The first-order valence-electron chi connectivity index (χ1n) is 3.91. The highest BCUT2D eigenvalue weighted by Crippen LogP contribution is 2.13. The van der Waals surface area contributed by atoms with Crippen molar-refractivity contribution in [1.29, 1.82) is 0 Å². The monoisotopic (exact) mass is 191 g/mol. The number of rotatable bonds is 1. The molecule has 1 aromatic heterocycles. The molecule has 2 rings (SSSR count). The van der Waals surface area contributed by atoms with Crippen LogP contribution in [0.2, 0.25) is 0 Å². The van der Waals surface area contributed by atoms with E-state index in [1.54, 1.807) is 0 Å². The Morgan fingerprint density at radius 1 is 1.00 bits per heavy atom. The highest BCUT2D eigenvalue weighted by atomic mass is 19.1. The van der Waals surface area contributed by atoms with E-state index in [1.165, 1.54) is 18.2 Å². The van der Waals surface area contributed by atoms with Crippen LogP contribution in [0.25, 0.3) is 11.4 Å². The smallest absolute Gasteiger partial charge is 0.159 e. The van der Waals surface area contributed by atoms with Gasteiger partial charge >= 0.3 is 0 Å². The number of hydrogen-bond acceptors (Lipinski definition) is 2. The SMILES string of the molecule is Fc1c[c]c(-c2ncc(F)cn2)cc1. The molecule has 2 nitrogen and oxygen atoms in total. The van der Waals surface area contributed by atoms with E-state index < -0.39 is 5.82 Å². The summed E-state index contributed by atoms with van der Waals surface area (Å²) in [6, 6.07) is 6.60. The average Bonchev–Trinajstić information content (AvgIpc) is 2.21. The Balaban J connectivity index is 2.40. The molecule has 0 aliphatic heterocycles. The van der Waals surface area contributed by atoms with Crippen LogP contribution in [0.15, 0.2) is 30.6 Å². The first-order valence-corrected chi connectivity index (χ1v) is 3.91. The molecule has 1 radical (unpaired) electrons. The molecular formula is C10H5F2N2. The van der Waals surface area contributed by atoms with E-state index in [0.717, 1.165) is 12.4 Å². The van der Waals surface area contributed by atoms with Gasteiger partial charge in [-0.25, -0.2) is 18.7 Å². The van der Waals surface area contributed by atoms with Gasteiger partial charge < -0.3 is 0 Å². The van der Waals surface area contributed by atoms with Crippen molar-refractivity contribution in [3.8, 4) is 11.4 Å². The van der Waals surface area contributed by atoms with Crippen molar-refractivity contribution in [3.63, 3.8) is 0 Å². The second-order valence-electron chi connectivity index (χ2n) is 2.65. The Hall–Kier alpha value is -1.84. The zero-order chi connectivity index (χ0) is 9.97. The maximum atomic E-state index is 12.5. The molecule has 0 aliphatic rings. The molecule has 0 amide bonds. The molecule has 0 fully saturated rings. The molecule has 0 spiro atoms. The molecule has 4 heteroatoms. The van der Waals surface area contributed by atoms with Gasteiger partial charge in [0, 0.05) is 5.56 Å². The van der Waals surface area contributed by atoms with Gasteiger partial charge in [0.2, 0.25) is 0 Å². The first-order chi connectivity index (χ1) is 6.75. The van der Waals surface area contributed by atoms with Gasteiger partial charge in [-0.15, -0.1) is 0 Å². The van der Waals surface area contributed by atoms with Crippen LogP contribution in [-0.4, -0.2) is 9.97 Å². The average molecular weight is 191 g/mol. The summed E-state index contributed by atoms with van der Waals surface area (Å²) in [5.41, 5.74) is 0.534. The van der Waals surface area contributed by atoms with Gasteiger partial charge in [-0.05, 0) is 24.3 Å². The standard InChI is InChI=1S/C10H5F2N2/c11-8-3-1-7(2-4-8)10-13-5-9(12)6-14-10/h1,3-6H. The van der Waals surface area contributed by atoms with Gasteiger partial charge in [-0.1, -0.05) is 0 Å². The van der Waals surface area contributed by atoms with Crippen molar-refractivity contribution in [2.45, 2.75) is 0 Å². The van der Waals surface area contributed by atoms with Crippen molar-refractivity contribution in [2.75, 3.05) is 0 Å². The summed E-state index contributed by atoms with van der Waals surface area (Å²) in [5, 5.41) is 0. The lowest BCUT2D eigenvalue weighted by Crippen LogP contribution is -1.89. The molecule has 0 unspecified atom stereocenters. The molecule has 0 bridgehead atoms. The van der Waals surface area contributed by atoms with Crippen molar-refractivity contribution in [3.05, 3.63) is 48.3 Å². The van der Waals surface area contributed by atoms with Crippen LogP contribution in [-0.2, 0) is 0 Å². The van der Waals surface area contributed by atoms with Crippen LogP contribution >= 0.6 is 0 Å². The Morgan fingerprint density at radius 3 is 2.29 bits per heavy atom. The van der Waals surface area contributed by atoms with Crippen LogP contribution in [0.1, 0.15) is 0 Å². The third-order valence-corrected chi connectivity index (χ3v) is 1.64. The summed E-state index contributed by atoms with van der Waals surface area (Å²) in [4.78, 5) is 7.48. The van der Waals surface area contributed by atoms with E-state index >= 15 is 0 Å². The predicted octanol–water partition coefficient (Wildman–Crippen LogP) is 2.22. The van der Waals surface area contributed by atoms with Gasteiger partial charge in [0.25, 0.3) is 0 Å².